The van der Waals surface area contributed by atoms with Gasteiger partial charge in [-0.2, -0.15) is 5.26 Å². The second kappa shape index (κ2) is 8.99. The number of allylic oxidation sites excluding steroid dienone is 2. The molecule has 2 N–H and O–H groups in total. The van der Waals surface area contributed by atoms with E-state index >= 15 is 0 Å². The molecule has 27 heavy (non-hydrogen) atoms. The molecule has 0 bridgehead atoms. The Labute approximate surface area is 159 Å². The number of rotatable bonds is 7. The third-order valence-electron chi connectivity index (χ3n) is 4.21. The minimum atomic E-state index is -0.704. The molecule has 2 rings (SSSR count). The lowest BCUT2D eigenvalue weighted by Gasteiger charge is -2.28. The Balaban J connectivity index is 2.69. The highest BCUT2D eigenvalue weighted by atomic mass is 16.5. The molecule has 0 radical (unpaired) electrons. The summed E-state index contributed by atoms with van der Waals surface area (Å²) in [7, 11) is 3.06. The van der Waals surface area contributed by atoms with Crippen molar-refractivity contribution >= 4 is 5.97 Å². The van der Waals surface area contributed by atoms with Gasteiger partial charge in [0.25, 0.3) is 0 Å². The van der Waals surface area contributed by atoms with Gasteiger partial charge in [0, 0.05) is 6.42 Å². The predicted molar refractivity (Wildman–Crippen MR) is 98.8 cm³/mol. The normalized spacial score (nSPS) is 16.5. The highest BCUT2D eigenvalue weighted by molar-refractivity contribution is 5.92. The SMILES string of the molecule is CCCC1=C(C(=O)OCC)[C@H](c2ccc(OC)c(OC)c2)C(C#N)=C(N)O1. The molecule has 1 aliphatic rings. The predicted octanol–water partition coefficient (Wildman–Crippen LogP) is 3.13. The molecule has 0 saturated heterocycles. The maximum atomic E-state index is 12.7. The van der Waals surface area contributed by atoms with Crippen LogP contribution in [0.3, 0.4) is 0 Å². The van der Waals surface area contributed by atoms with E-state index in [1.165, 1.54) is 14.2 Å². The summed E-state index contributed by atoms with van der Waals surface area (Å²) in [5, 5.41) is 9.67. The second-order valence-electron chi connectivity index (χ2n) is 5.85. The van der Waals surface area contributed by atoms with E-state index in [4.69, 9.17) is 24.7 Å². The van der Waals surface area contributed by atoms with Gasteiger partial charge in [-0.05, 0) is 31.0 Å². The number of carbonyl (C=O) groups excluding carboxylic acids is 1. The lowest BCUT2D eigenvalue weighted by Crippen LogP contribution is -2.26. The van der Waals surface area contributed by atoms with E-state index in [2.05, 4.69) is 6.07 Å². The molecule has 0 saturated carbocycles. The van der Waals surface area contributed by atoms with Gasteiger partial charge < -0.3 is 24.7 Å². The first kappa shape index (κ1) is 20.2. The molecule has 0 spiro atoms. The highest BCUT2D eigenvalue weighted by Gasteiger charge is 2.37. The number of hydrogen-bond donors (Lipinski definition) is 1. The molecule has 144 valence electrons. The summed E-state index contributed by atoms with van der Waals surface area (Å²) < 4.78 is 21.5. The highest BCUT2D eigenvalue weighted by Crippen LogP contribution is 2.43. The first-order valence-electron chi connectivity index (χ1n) is 8.71. The standard InChI is InChI=1S/C20H24N2O5/c1-5-7-15-18(20(23)26-6-2)17(13(11-21)19(22)27-15)12-8-9-14(24-3)16(10-12)25-4/h8-10,17H,5-7,22H2,1-4H3/t17-/m1/s1. The van der Waals surface area contributed by atoms with Crippen molar-refractivity contribution in [1.29, 1.82) is 5.26 Å². The third-order valence-corrected chi connectivity index (χ3v) is 4.21. The number of esters is 1. The van der Waals surface area contributed by atoms with Crippen LogP contribution in [-0.2, 0) is 14.3 Å². The van der Waals surface area contributed by atoms with E-state index in [0.717, 1.165) is 6.42 Å². The first-order chi connectivity index (χ1) is 13.0. The zero-order chi connectivity index (χ0) is 20.0. The molecule has 0 aliphatic carbocycles. The number of carbonyl (C=O) groups is 1. The van der Waals surface area contributed by atoms with Gasteiger partial charge in [-0.25, -0.2) is 4.79 Å². The summed E-state index contributed by atoms with van der Waals surface area (Å²) in [4.78, 5) is 12.7. The average Bonchev–Trinajstić information content (AvgIpc) is 2.67. The molecule has 7 nitrogen and oxygen atoms in total. The van der Waals surface area contributed by atoms with E-state index in [0.29, 0.717) is 29.2 Å². The van der Waals surface area contributed by atoms with Gasteiger partial charge >= 0.3 is 5.97 Å². The number of benzene rings is 1. The zero-order valence-corrected chi connectivity index (χ0v) is 16.0. The molecule has 0 aromatic heterocycles. The summed E-state index contributed by atoms with van der Waals surface area (Å²) in [6.07, 6.45) is 1.24. The Morgan fingerprint density at radius 1 is 1.26 bits per heavy atom. The minimum absolute atomic E-state index is 0.00576. The first-order valence-corrected chi connectivity index (χ1v) is 8.71. The lowest BCUT2D eigenvalue weighted by atomic mass is 9.82. The molecule has 1 atom stereocenters. The average molecular weight is 372 g/mol. The summed E-state index contributed by atoms with van der Waals surface area (Å²) in [6, 6.07) is 7.29. The summed E-state index contributed by atoms with van der Waals surface area (Å²) in [6.45, 7) is 3.90. The van der Waals surface area contributed by atoms with Crippen molar-refractivity contribution in [2.24, 2.45) is 5.73 Å². The number of nitrogens with zero attached hydrogens (tertiary/aromatic N) is 1. The molecule has 1 aromatic carbocycles. The fraction of sp³-hybridized carbons (Fsp3) is 0.400. The zero-order valence-electron chi connectivity index (χ0n) is 16.0. The molecule has 0 fully saturated rings. The Morgan fingerprint density at radius 3 is 2.52 bits per heavy atom. The summed E-state index contributed by atoms with van der Waals surface area (Å²) >= 11 is 0. The van der Waals surface area contributed by atoms with Crippen molar-refractivity contribution in [3.63, 3.8) is 0 Å². The van der Waals surface area contributed by atoms with E-state index in [1.54, 1.807) is 25.1 Å². The lowest BCUT2D eigenvalue weighted by molar-refractivity contribution is -0.139. The molecule has 1 aromatic rings. The molecule has 1 heterocycles. The number of nitriles is 1. The van der Waals surface area contributed by atoms with Crippen LogP contribution in [-0.4, -0.2) is 26.8 Å². The van der Waals surface area contributed by atoms with Crippen LogP contribution >= 0.6 is 0 Å². The van der Waals surface area contributed by atoms with Crippen molar-refractivity contribution in [1.82, 2.24) is 0 Å². The molecule has 0 unspecified atom stereocenters. The third kappa shape index (κ3) is 4.00. The molecule has 7 heteroatoms. The van der Waals surface area contributed by atoms with Crippen LogP contribution in [0.4, 0.5) is 0 Å². The van der Waals surface area contributed by atoms with Crippen LogP contribution in [0.1, 0.15) is 38.2 Å². The van der Waals surface area contributed by atoms with Gasteiger partial charge in [-0.15, -0.1) is 0 Å². The van der Waals surface area contributed by atoms with Crippen LogP contribution in [0.15, 0.2) is 41.0 Å². The van der Waals surface area contributed by atoms with Crippen LogP contribution in [0.25, 0.3) is 0 Å². The molecule has 0 amide bonds. The van der Waals surface area contributed by atoms with Crippen molar-refractivity contribution in [2.45, 2.75) is 32.6 Å². The van der Waals surface area contributed by atoms with Gasteiger partial charge in [-0.3, -0.25) is 0 Å². The molecule has 1 aliphatic heterocycles. The Morgan fingerprint density at radius 2 is 1.96 bits per heavy atom. The molecular formula is C20H24N2O5. The number of ether oxygens (including phenoxy) is 4. The minimum Gasteiger partial charge on any atom is -0.493 e. The van der Waals surface area contributed by atoms with Gasteiger partial charge in [0.15, 0.2) is 11.5 Å². The van der Waals surface area contributed by atoms with Crippen LogP contribution in [0.5, 0.6) is 11.5 Å². The van der Waals surface area contributed by atoms with Crippen LogP contribution < -0.4 is 15.2 Å². The van der Waals surface area contributed by atoms with E-state index in [9.17, 15) is 10.1 Å². The van der Waals surface area contributed by atoms with Crippen molar-refractivity contribution < 1.29 is 23.7 Å². The Hall–Kier alpha value is -3.14. The number of methoxy groups -OCH3 is 2. The quantitative estimate of drug-likeness (QED) is 0.733. The van der Waals surface area contributed by atoms with E-state index in [1.807, 2.05) is 6.92 Å². The monoisotopic (exact) mass is 372 g/mol. The van der Waals surface area contributed by atoms with Crippen LogP contribution in [0, 0.1) is 11.3 Å². The van der Waals surface area contributed by atoms with Gasteiger partial charge in [-0.1, -0.05) is 13.0 Å². The maximum Gasteiger partial charge on any atom is 0.338 e. The summed E-state index contributed by atoms with van der Waals surface area (Å²) in [5.41, 5.74) is 7.10. The largest absolute Gasteiger partial charge is 0.493 e. The van der Waals surface area contributed by atoms with Crippen molar-refractivity contribution in [3.05, 3.63) is 46.6 Å². The van der Waals surface area contributed by atoms with Gasteiger partial charge in [0.05, 0.1) is 32.3 Å². The fourth-order valence-electron chi connectivity index (χ4n) is 3.03. The smallest absolute Gasteiger partial charge is 0.338 e. The Kier molecular flexibility index (Phi) is 6.72. The van der Waals surface area contributed by atoms with E-state index < -0.39 is 11.9 Å². The number of nitrogens with two attached hydrogens (primary N) is 1. The van der Waals surface area contributed by atoms with E-state index in [-0.39, 0.29) is 23.6 Å². The van der Waals surface area contributed by atoms with Gasteiger partial charge in [0.1, 0.15) is 17.4 Å². The maximum absolute atomic E-state index is 12.7. The molecular weight excluding hydrogens is 348 g/mol. The second-order valence-corrected chi connectivity index (χ2v) is 5.85. The van der Waals surface area contributed by atoms with Gasteiger partial charge in [0.2, 0.25) is 5.88 Å². The van der Waals surface area contributed by atoms with Crippen molar-refractivity contribution in [3.8, 4) is 17.6 Å². The van der Waals surface area contributed by atoms with Crippen LogP contribution in [0.2, 0.25) is 0 Å². The summed E-state index contributed by atoms with van der Waals surface area (Å²) in [5.74, 6) is 0.211. The Bertz CT molecular complexity index is 820. The number of hydrogen-bond acceptors (Lipinski definition) is 7. The fourth-order valence-corrected chi connectivity index (χ4v) is 3.03. The van der Waals surface area contributed by atoms with Crippen molar-refractivity contribution in [2.75, 3.05) is 20.8 Å². The topological polar surface area (TPSA) is 104 Å².